The van der Waals surface area contributed by atoms with Crippen LogP contribution in [0.25, 0.3) is 0 Å². The van der Waals surface area contributed by atoms with Crippen LogP contribution in [0.4, 0.5) is 0 Å². The fourth-order valence-electron chi connectivity index (χ4n) is 2.36. The van der Waals surface area contributed by atoms with Gasteiger partial charge in [0.05, 0.1) is 0 Å². The Bertz CT molecular complexity index is 268. The Morgan fingerprint density at radius 3 is 1.62 bits per heavy atom. The summed E-state index contributed by atoms with van der Waals surface area (Å²) in [5, 5.41) is 2.36. The second-order valence-corrected chi connectivity index (χ2v) is 5.80. The van der Waals surface area contributed by atoms with Gasteiger partial charge >= 0.3 is 0 Å². The lowest BCUT2D eigenvalue weighted by Gasteiger charge is -2.04. The van der Waals surface area contributed by atoms with Crippen molar-refractivity contribution < 1.29 is 9.59 Å². The van der Waals surface area contributed by atoms with Crippen LogP contribution in [0.3, 0.4) is 0 Å². The normalized spacial score (nSPS) is 10.6. The van der Waals surface area contributed by atoms with Gasteiger partial charge < -0.3 is 5.73 Å². The maximum atomic E-state index is 11.4. The molecule has 0 aliphatic rings. The number of rotatable bonds is 14. The number of amides is 2. The predicted octanol–water partition coefficient (Wildman–Crippen LogP) is 3.68. The predicted molar refractivity (Wildman–Crippen MR) is 87.9 cm³/mol. The van der Waals surface area contributed by atoms with Crippen LogP contribution in [-0.4, -0.2) is 18.4 Å². The van der Waals surface area contributed by atoms with Gasteiger partial charge in [-0.15, -0.1) is 0 Å². The zero-order valence-corrected chi connectivity index (χ0v) is 13.8. The largest absolute Gasteiger partial charge is 0.330 e. The van der Waals surface area contributed by atoms with Gasteiger partial charge in [0.2, 0.25) is 11.8 Å². The summed E-state index contributed by atoms with van der Waals surface area (Å²) < 4.78 is 0. The summed E-state index contributed by atoms with van der Waals surface area (Å²) in [5.41, 5.74) is 5.25. The van der Waals surface area contributed by atoms with Gasteiger partial charge in [0.15, 0.2) is 0 Å². The van der Waals surface area contributed by atoms with Crippen molar-refractivity contribution in [3.8, 4) is 0 Å². The van der Waals surface area contributed by atoms with E-state index < -0.39 is 0 Å². The molecule has 0 aromatic carbocycles. The monoisotopic (exact) mass is 298 g/mol. The summed E-state index contributed by atoms with van der Waals surface area (Å²) >= 11 is 0. The van der Waals surface area contributed by atoms with E-state index in [0.29, 0.717) is 6.42 Å². The molecule has 3 N–H and O–H groups in total. The topological polar surface area (TPSA) is 72.2 Å². The first-order valence-corrected chi connectivity index (χ1v) is 8.73. The molecule has 0 heterocycles. The average Bonchev–Trinajstić information content (AvgIpc) is 2.45. The third-order valence-corrected chi connectivity index (χ3v) is 3.66. The van der Waals surface area contributed by atoms with Crippen LogP contribution >= 0.6 is 0 Å². The lowest BCUT2D eigenvalue weighted by atomic mass is 10.1. The molecule has 0 spiro atoms. The lowest BCUT2D eigenvalue weighted by Crippen LogP contribution is -2.31. The zero-order chi connectivity index (χ0) is 15.8. The molecule has 21 heavy (non-hydrogen) atoms. The highest BCUT2D eigenvalue weighted by atomic mass is 16.2. The molecule has 0 aliphatic carbocycles. The van der Waals surface area contributed by atoms with E-state index in [0.717, 1.165) is 12.8 Å². The van der Waals surface area contributed by atoms with Gasteiger partial charge in [-0.25, -0.2) is 0 Å². The van der Waals surface area contributed by atoms with Gasteiger partial charge in [-0.1, -0.05) is 71.1 Å². The molecule has 0 rings (SSSR count). The Kier molecular flexibility index (Phi) is 14.8. The van der Waals surface area contributed by atoms with Gasteiger partial charge in [0, 0.05) is 19.4 Å². The Labute approximate surface area is 130 Å². The Hall–Kier alpha value is -0.900. The number of carbonyl (C=O) groups is 2. The molecular weight excluding hydrogens is 264 g/mol. The van der Waals surface area contributed by atoms with E-state index in [4.69, 9.17) is 5.73 Å². The molecule has 4 nitrogen and oxygen atoms in total. The van der Waals surface area contributed by atoms with Gasteiger partial charge in [0.1, 0.15) is 0 Å². The summed E-state index contributed by atoms with van der Waals surface area (Å²) in [5.74, 6) is -0.421. The number of nitrogens with two attached hydrogens (primary N) is 1. The number of nitrogens with one attached hydrogen (secondary N) is 1. The van der Waals surface area contributed by atoms with Crippen LogP contribution in [0.5, 0.6) is 0 Å². The highest BCUT2D eigenvalue weighted by Gasteiger charge is 2.06. The van der Waals surface area contributed by atoms with Crippen molar-refractivity contribution in [1.82, 2.24) is 5.32 Å². The number of imide groups is 1. The molecule has 0 atom stereocenters. The van der Waals surface area contributed by atoms with Crippen molar-refractivity contribution in [1.29, 1.82) is 0 Å². The second kappa shape index (κ2) is 15.5. The van der Waals surface area contributed by atoms with Crippen LogP contribution < -0.4 is 11.1 Å². The molecule has 0 saturated heterocycles. The summed E-state index contributed by atoms with van der Waals surface area (Å²) in [7, 11) is 0. The fourth-order valence-corrected chi connectivity index (χ4v) is 2.36. The molecule has 4 heteroatoms. The van der Waals surface area contributed by atoms with E-state index in [1.54, 1.807) is 0 Å². The van der Waals surface area contributed by atoms with Gasteiger partial charge in [-0.2, -0.15) is 0 Å². The van der Waals surface area contributed by atoms with E-state index in [1.807, 2.05) is 0 Å². The molecule has 0 aliphatic heterocycles. The summed E-state index contributed by atoms with van der Waals surface area (Å²) in [6.07, 6.45) is 14.6. The minimum Gasteiger partial charge on any atom is -0.330 e. The van der Waals surface area contributed by atoms with Gasteiger partial charge in [-0.3, -0.25) is 14.9 Å². The fraction of sp³-hybridized carbons (Fsp3) is 0.882. The van der Waals surface area contributed by atoms with E-state index in [1.165, 1.54) is 57.8 Å². The number of unbranched alkanes of at least 4 members (excludes halogenated alkanes) is 10. The van der Waals surface area contributed by atoms with E-state index in [2.05, 4.69) is 12.2 Å². The van der Waals surface area contributed by atoms with Crippen LogP contribution in [0.15, 0.2) is 0 Å². The molecule has 2 amide bonds. The van der Waals surface area contributed by atoms with Crippen LogP contribution in [0.2, 0.25) is 0 Å². The first-order chi connectivity index (χ1) is 10.2. The van der Waals surface area contributed by atoms with E-state index >= 15 is 0 Å². The maximum Gasteiger partial charge on any atom is 0.227 e. The summed E-state index contributed by atoms with van der Waals surface area (Å²) in [6.45, 7) is 2.53. The van der Waals surface area contributed by atoms with E-state index in [9.17, 15) is 9.59 Å². The van der Waals surface area contributed by atoms with Crippen molar-refractivity contribution in [2.75, 3.05) is 6.54 Å². The Morgan fingerprint density at radius 1 is 0.714 bits per heavy atom. The Balaban J connectivity index is 3.21. The molecule has 0 aromatic heterocycles. The SMILES string of the molecule is CCCCCCCCCCCCCC(=O)NC(=O)CCN. The number of hydrogen-bond donors (Lipinski definition) is 2. The number of carbonyl (C=O) groups excluding carboxylic acids is 2. The van der Waals surface area contributed by atoms with Crippen LogP contribution in [-0.2, 0) is 9.59 Å². The highest BCUT2D eigenvalue weighted by Crippen LogP contribution is 2.11. The molecule has 0 fully saturated rings. The lowest BCUT2D eigenvalue weighted by molar-refractivity contribution is -0.130. The highest BCUT2D eigenvalue weighted by molar-refractivity contribution is 5.95. The second-order valence-electron chi connectivity index (χ2n) is 5.80. The third-order valence-electron chi connectivity index (χ3n) is 3.66. The molecule has 0 radical (unpaired) electrons. The minimum absolute atomic E-state index is 0.163. The van der Waals surface area contributed by atoms with Crippen LogP contribution in [0, 0.1) is 0 Å². The zero-order valence-electron chi connectivity index (χ0n) is 13.8. The van der Waals surface area contributed by atoms with Gasteiger partial charge in [0.25, 0.3) is 0 Å². The molecule has 0 aromatic rings. The summed E-state index contributed by atoms with van der Waals surface area (Å²) in [4.78, 5) is 22.6. The Morgan fingerprint density at radius 2 is 1.14 bits per heavy atom. The van der Waals surface area contributed by atoms with Crippen LogP contribution in [0.1, 0.15) is 90.4 Å². The first-order valence-electron chi connectivity index (χ1n) is 8.73. The van der Waals surface area contributed by atoms with Crippen molar-refractivity contribution in [3.05, 3.63) is 0 Å². The number of hydrogen-bond acceptors (Lipinski definition) is 3. The molecule has 124 valence electrons. The minimum atomic E-state index is -0.259. The van der Waals surface area contributed by atoms with Crippen molar-refractivity contribution in [3.63, 3.8) is 0 Å². The maximum absolute atomic E-state index is 11.4. The van der Waals surface area contributed by atoms with Crippen molar-refractivity contribution in [2.45, 2.75) is 90.4 Å². The average molecular weight is 298 g/mol. The third kappa shape index (κ3) is 15.3. The molecule has 0 bridgehead atoms. The standard InChI is InChI=1S/C17H34N2O2/c1-2-3-4-5-6-7-8-9-10-11-12-13-16(20)19-17(21)14-15-18/h2-15,18H2,1H3,(H,19,20,21). The quantitative estimate of drug-likeness (QED) is 0.480. The van der Waals surface area contributed by atoms with Crippen molar-refractivity contribution in [2.24, 2.45) is 5.73 Å². The smallest absolute Gasteiger partial charge is 0.227 e. The first kappa shape index (κ1) is 20.1. The molecule has 0 saturated carbocycles. The summed E-state index contributed by atoms with van der Waals surface area (Å²) in [6, 6.07) is 0. The van der Waals surface area contributed by atoms with E-state index in [-0.39, 0.29) is 24.8 Å². The molecular formula is C17H34N2O2. The molecule has 0 unspecified atom stereocenters. The van der Waals surface area contributed by atoms with Gasteiger partial charge in [-0.05, 0) is 6.42 Å². The van der Waals surface area contributed by atoms with Crippen molar-refractivity contribution >= 4 is 11.8 Å².